The standard InChI is InChI=1S/C35H29N5O13S4/c1-16-8-19(4-6-26(16)37-39-32-29(57(51,52)53)14-22-12-24(55(45,46)47)10-18(3)30(22)34(32)41)20-5-7-27(17(2)9-20)38-40-33-28(56(48,49)50)13-21-11-23(54(43)44)15-25(36)31(21)35(33)42/h4-15,41-42,54H,36H2,1-3H3,(H,45,46,47)(H,48,49,50)(H,51,52,53). The Hall–Kier alpha value is -5.88. The van der Waals surface area contributed by atoms with Gasteiger partial charge in [-0.1, -0.05) is 12.1 Å². The summed E-state index contributed by atoms with van der Waals surface area (Å²) in [5.74, 6) is -1.47. The summed E-state index contributed by atoms with van der Waals surface area (Å²) in [4.78, 5) is -2.52. The summed E-state index contributed by atoms with van der Waals surface area (Å²) in [6.07, 6.45) is 0. The molecule has 22 heteroatoms. The van der Waals surface area contributed by atoms with Crippen LogP contribution in [0.2, 0.25) is 0 Å². The highest BCUT2D eigenvalue weighted by atomic mass is 32.2. The van der Waals surface area contributed by atoms with Crippen LogP contribution in [-0.4, -0.2) is 57.5 Å². The molecule has 0 radical (unpaired) electrons. The lowest BCUT2D eigenvalue weighted by Gasteiger charge is -2.12. The second kappa shape index (κ2) is 14.6. The van der Waals surface area contributed by atoms with E-state index >= 15 is 0 Å². The second-order valence-corrected chi connectivity index (χ2v) is 17.9. The van der Waals surface area contributed by atoms with E-state index in [-0.39, 0.29) is 49.1 Å². The van der Waals surface area contributed by atoms with Gasteiger partial charge in [-0.15, -0.1) is 10.2 Å². The van der Waals surface area contributed by atoms with E-state index in [1.807, 2.05) is 0 Å². The van der Waals surface area contributed by atoms with Crippen molar-refractivity contribution < 1.29 is 57.5 Å². The molecule has 0 saturated carbocycles. The summed E-state index contributed by atoms with van der Waals surface area (Å²) in [6, 6.07) is 15.8. The average molecular weight is 856 g/mol. The Morgan fingerprint density at radius 2 is 1.00 bits per heavy atom. The third-order valence-corrected chi connectivity index (χ3v) is 12.0. The number of nitrogen functional groups attached to an aromatic ring is 1. The van der Waals surface area contributed by atoms with Gasteiger partial charge in [-0.25, -0.2) is 8.42 Å². The van der Waals surface area contributed by atoms with E-state index < -0.39 is 78.6 Å². The van der Waals surface area contributed by atoms with Crippen LogP contribution < -0.4 is 5.73 Å². The van der Waals surface area contributed by atoms with Crippen LogP contribution in [0.15, 0.2) is 113 Å². The third-order valence-electron chi connectivity index (χ3n) is 8.79. The Bertz CT molecular complexity index is 3210. The largest absolute Gasteiger partial charge is 0.505 e. The van der Waals surface area contributed by atoms with Crippen LogP contribution >= 0.6 is 0 Å². The lowest BCUT2D eigenvalue weighted by atomic mass is 10.0. The molecule has 0 aliphatic carbocycles. The first-order valence-corrected chi connectivity index (χ1v) is 21.5. The van der Waals surface area contributed by atoms with Gasteiger partial charge < -0.3 is 15.9 Å². The van der Waals surface area contributed by atoms with Crippen LogP contribution in [-0.2, 0) is 41.1 Å². The summed E-state index contributed by atoms with van der Waals surface area (Å²) in [5, 5.41) is 37.8. The molecule has 7 N–H and O–H groups in total. The molecule has 0 fully saturated rings. The van der Waals surface area contributed by atoms with Crippen molar-refractivity contribution in [2.24, 2.45) is 20.5 Å². The first-order chi connectivity index (χ1) is 26.4. The molecule has 0 bridgehead atoms. The number of nitrogens with two attached hydrogens (primary N) is 1. The molecular formula is C35H29N5O13S4. The Balaban J connectivity index is 1.34. The van der Waals surface area contributed by atoms with Gasteiger partial charge in [-0.2, -0.15) is 35.5 Å². The van der Waals surface area contributed by atoms with Crippen LogP contribution in [0, 0.1) is 20.8 Å². The highest BCUT2D eigenvalue weighted by Crippen LogP contribution is 2.46. The topological polar surface area (TPSA) is 313 Å². The van der Waals surface area contributed by atoms with Crippen LogP contribution in [0.25, 0.3) is 32.7 Å². The normalized spacial score (nSPS) is 12.8. The summed E-state index contributed by atoms with van der Waals surface area (Å²) in [5.41, 5.74) is 7.58. The van der Waals surface area contributed by atoms with Crippen molar-refractivity contribution >= 4 is 91.0 Å². The SMILES string of the molecule is Cc1cc(-c2ccc(N=Nc3c(S(=O)(=O)O)cc4cc([SH](=O)=O)cc(N)c4c3O)c(C)c2)ccc1N=Nc1c(S(=O)(=O)O)cc2cc(S(=O)(=O)O)cc(C)c2c1O. The van der Waals surface area contributed by atoms with Gasteiger partial charge in [0.1, 0.15) is 21.2 Å². The Morgan fingerprint density at radius 3 is 1.42 bits per heavy atom. The van der Waals surface area contributed by atoms with E-state index in [0.29, 0.717) is 22.3 Å². The van der Waals surface area contributed by atoms with Crippen molar-refractivity contribution in [1.82, 2.24) is 0 Å². The molecular weight excluding hydrogens is 827 g/mol. The van der Waals surface area contributed by atoms with Crippen molar-refractivity contribution in [3.8, 4) is 22.6 Å². The van der Waals surface area contributed by atoms with Crippen LogP contribution in [0.1, 0.15) is 16.7 Å². The number of rotatable bonds is 9. The van der Waals surface area contributed by atoms with E-state index in [0.717, 1.165) is 36.4 Å². The maximum Gasteiger partial charge on any atom is 0.296 e. The van der Waals surface area contributed by atoms with Gasteiger partial charge in [0.05, 0.1) is 21.2 Å². The van der Waals surface area contributed by atoms with Crippen LogP contribution in [0.4, 0.5) is 28.4 Å². The summed E-state index contributed by atoms with van der Waals surface area (Å²) in [7, 11) is -17.8. The molecule has 0 spiro atoms. The number of phenols is 2. The first kappa shape index (κ1) is 40.8. The molecule has 57 heavy (non-hydrogen) atoms. The minimum Gasteiger partial charge on any atom is -0.505 e. The zero-order valence-electron chi connectivity index (χ0n) is 29.5. The average Bonchev–Trinajstić information content (AvgIpc) is 3.09. The molecule has 0 heterocycles. The highest BCUT2D eigenvalue weighted by molar-refractivity contribution is 7.86. The molecule has 0 saturated heterocycles. The number of nitrogens with zero attached hydrogens (tertiary/aromatic N) is 4. The number of hydrogen-bond acceptors (Lipinski definition) is 15. The maximum atomic E-state index is 12.3. The first-order valence-electron chi connectivity index (χ1n) is 16.0. The molecule has 0 atom stereocenters. The van der Waals surface area contributed by atoms with E-state index in [9.17, 15) is 57.5 Å². The number of benzene rings is 6. The Kier molecular flexibility index (Phi) is 10.4. The van der Waals surface area contributed by atoms with Gasteiger partial charge in [-0.3, -0.25) is 13.7 Å². The molecule has 18 nitrogen and oxygen atoms in total. The lowest BCUT2D eigenvalue weighted by molar-refractivity contribution is 0.471. The molecule has 0 amide bonds. The van der Waals surface area contributed by atoms with Gasteiger partial charge in [-0.05, 0) is 120 Å². The predicted molar refractivity (Wildman–Crippen MR) is 208 cm³/mol. The Labute approximate surface area is 325 Å². The molecule has 296 valence electrons. The van der Waals surface area contributed by atoms with Gasteiger partial charge in [0.2, 0.25) is 0 Å². The van der Waals surface area contributed by atoms with Crippen molar-refractivity contribution in [3.05, 3.63) is 89.5 Å². The van der Waals surface area contributed by atoms with Crippen molar-refractivity contribution in [2.45, 2.75) is 40.4 Å². The van der Waals surface area contributed by atoms with Gasteiger partial charge in [0.15, 0.2) is 22.2 Å². The molecule has 6 aromatic carbocycles. The van der Waals surface area contributed by atoms with Gasteiger partial charge >= 0.3 is 0 Å². The quantitative estimate of drug-likeness (QED) is 0.0330. The number of anilines is 1. The zero-order chi connectivity index (χ0) is 41.9. The Morgan fingerprint density at radius 1 is 0.544 bits per heavy atom. The molecule has 6 aromatic rings. The molecule has 6 rings (SSSR count). The number of thiol groups is 1. The van der Waals surface area contributed by atoms with Gasteiger partial charge in [0, 0.05) is 16.5 Å². The minimum atomic E-state index is -5.03. The number of azo groups is 2. The van der Waals surface area contributed by atoms with Crippen molar-refractivity contribution in [3.63, 3.8) is 0 Å². The number of aryl methyl sites for hydroxylation is 3. The number of fused-ring (bicyclic) bond motifs is 2. The van der Waals surface area contributed by atoms with E-state index in [1.54, 1.807) is 50.2 Å². The molecule has 0 aromatic heterocycles. The maximum absolute atomic E-state index is 12.3. The monoisotopic (exact) mass is 855 g/mol. The lowest BCUT2D eigenvalue weighted by Crippen LogP contribution is -2.02. The number of hydrogen-bond donors (Lipinski definition) is 7. The predicted octanol–water partition coefficient (Wildman–Crippen LogP) is 7.12. The fourth-order valence-electron chi connectivity index (χ4n) is 6.11. The summed E-state index contributed by atoms with van der Waals surface area (Å²) >= 11 is 0. The fourth-order valence-corrected chi connectivity index (χ4v) is 8.51. The number of aromatic hydroxyl groups is 2. The van der Waals surface area contributed by atoms with Gasteiger partial charge in [0.25, 0.3) is 30.4 Å². The van der Waals surface area contributed by atoms with Crippen molar-refractivity contribution in [2.75, 3.05) is 5.73 Å². The van der Waals surface area contributed by atoms with Crippen molar-refractivity contribution in [1.29, 1.82) is 0 Å². The molecule has 0 aliphatic rings. The van der Waals surface area contributed by atoms with Crippen LogP contribution in [0.3, 0.4) is 0 Å². The van der Waals surface area contributed by atoms with E-state index in [1.165, 1.54) is 6.92 Å². The minimum absolute atomic E-state index is 0.00200. The second-order valence-electron chi connectivity index (χ2n) is 12.7. The zero-order valence-corrected chi connectivity index (χ0v) is 32.8. The summed E-state index contributed by atoms with van der Waals surface area (Å²) < 4.78 is 125. The fraction of sp³-hybridized carbons (Fsp3) is 0.0857. The molecule has 0 unspecified atom stereocenters. The molecule has 0 aliphatic heterocycles. The van der Waals surface area contributed by atoms with E-state index in [4.69, 9.17) is 5.73 Å². The van der Waals surface area contributed by atoms with Crippen LogP contribution in [0.5, 0.6) is 11.5 Å². The highest BCUT2D eigenvalue weighted by Gasteiger charge is 2.26. The third kappa shape index (κ3) is 8.04. The number of phenolic OH excluding ortho intramolecular Hbond substituents is 2. The van der Waals surface area contributed by atoms with E-state index in [2.05, 4.69) is 20.5 Å². The summed E-state index contributed by atoms with van der Waals surface area (Å²) in [6.45, 7) is 4.76. The smallest absolute Gasteiger partial charge is 0.296 e.